The van der Waals surface area contributed by atoms with E-state index in [1.54, 1.807) is 4.90 Å². The minimum atomic E-state index is -0.534. The number of rotatable bonds is 5. The highest BCUT2D eigenvalue weighted by atomic mass is 16.6. The van der Waals surface area contributed by atoms with E-state index < -0.39 is 11.0 Å². The molecule has 1 heterocycles. The highest BCUT2D eigenvalue weighted by molar-refractivity contribution is 5.87. The molecule has 1 aliphatic rings. The summed E-state index contributed by atoms with van der Waals surface area (Å²) in [5.41, 5.74) is 2.56. The standard InChI is InChI=1S/C19H18N4O3/c1-13-2-4-14(5-3-13)12-22-9-8-16(19(22)24)21-17-10-15(11-20)6-7-18(17)23(25)26/h2-7,10,16,21H,8-9,12H2,1H3. The Morgan fingerprint density at radius 3 is 2.69 bits per heavy atom. The average Bonchev–Trinajstić information content (AvgIpc) is 2.96. The second-order valence-electron chi connectivity index (χ2n) is 6.33. The number of nitriles is 1. The lowest BCUT2D eigenvalue weighted by atomic mass is 10.1. The molecule has 1 N–H and O–H groups in total. The molecule has 1 unspecified atom stereocenters. The molecule has 0 saturated carbocycles. The maximum atomic E-state index is 12.6. The summed E-state index contributed by atoms with van der Waals surface area (Å²) in [4.78, 5) is 25.1. The van der Waals surface area contributed by atoms with Crippen molar-refractivity contribution in [3.05, 3.63) is 69.3 Å². The number of anilines is 1. The molecule has 1 atom stereocenters. The maximum Gasteiger partial charge on any atom is 0.292 e. The number of amides is 1. The molecule has 7 heteroatoms. The Bertz CT molecular complexity index is 887. The Morgan fingerprint density at radius 1 is 1.31 bits per heavy atom. The molecule has 0 spiro atoms. The monoisotopic (exact) mass is 350 g/mol. The molecule has 2 aromatic carbocycles. The lowest BCUT2D eigenvalue weighted by Gasteiger charge is -2.18. The van der Waals surface area contributed by atoms with E-state index in [4.69, 9.17) is 5.26 Å². The number of nitrogens with one attached hydrogen (secondary N) is 1. The minimum Gasteiger partial charge on any atom is -0.368 e. The van der Waals surface area contributed by atoms with Gasteiger partial charge in [-0.05, 0) is 31.0 Å². The Hall–Kier alpha value is -3.40. The first-order valence-corrected chi connectivity index (χ1v) is 8.27. The van der Waals surface area contributed by atoms with Crippen molar-refractivity contribution in [3.8, 4) is 6.07 Å². The molecule has 3 rings (SSSR count). The van der Waals surface area contributed by atoms with E-state index in [9.17, 15) is 14.9 Å². The molecule has 7 nitrogen and oxygen atoms in total. The summed E-state index contributed by atoms with van der Waals surface area (Å²) < 4.78 is 0. The number of nitro benzene ring substituents is 1. The fourth-order valence-electron chi connectivity index (χ4n) is 3.01. The van der Waals surface area contributed by atoms with Gasteiger partial charge in [-0.25, -0.2) is 0 Å². The zero-order valence-corrected chi connectivity index (χ0v) is 14.3. The molecule has 0 aliphatic carbocycles. The normalized spacial score (nSPS) is 16.4. The zero-order chi connectivity index (χ0) is 18.7. The second-order valence-corrected chi connectivity index (χ2v) is 6.33. The molecule has 0 aromatic heterocycles. The summed E-state index contributed by atoms with van der Waals surface area (Å²) in [5, 5.41) is 23.2. The van der Waals surface area contributed by atoms with Gasteiger partial charge in [0.2, 0.25) is 5.91 Å². The highest BCUT2D eigenvalue weighted by Gasteiger charge is 2.32. The van der Waals surface area contributed by atoms with E-state index in [0.717, 1.165) is 11.1 Å². The molecule has 0 bridgehead atoms. The Labute approximate surface area is 151 Å². The SMILES string of the molecule is Cc1ccc(CN2CCC(Nc3cc(C#N)ccc3[N+](=O)[O-])C2=O)cc1. The van der Waals surface area contributed by atoms with E-state index in [1.807, 2.05) is 37.3 Å². The molecule has 26 heavy (non-hydrogen) atoms. The van der Waals surface area contributed by atoms with E-state index >= 15 is 0 Å². The zero-order valence-electron chi connectivity index (χ0n) is 14.3. The van der Waals surface area contributed by atoms with Gasteiger partial charge in [0.15, 0.2) is 0 Å². The number of aryl methyl sites for hydroxylation is 1. The number of likely N-dealkylation sites (tertiary alicyclic amines) is 1. The third kappa shape index (κ3) is 3.64. The minimum absolute atomic E-state index is 0.0952. The number of carbonyl (C=O) groups is 1. The van der Waals surface area contributed by atoms with Gasteiger partial charge in [0.05, 0.1) is 16.6 Å². The highest BCUT2D eigenvalue weighted by Crippen LogP contribution is 2.28. The first-order valence-electron chi connectivity index (χ1n) is 8.27. The number of benzene rings is 2. The molecule has 1 fully saturated rings. The molecule has 1 amide bonds. The van der Waals surface area contributed by atoms with Gasteiger partial charge in [0.25, 0.3) is 5.69 Å². The average molecular weight is 350 g/mol. The summed E-state index contributed by atoms with van der Waals surface area (Å²) in [5.74, 6) is -0.0952. The van der Waals surface area contributed by atoms with Gasteiger partial charge in [-0.15, -0.1) is 0 Å². The van der Waals surface area contributed by atoms with Crippen molar-refractivity contribution < 1.29 is 9.72 Å². The van der Waals surface area contributed by atoms with Crippen LogP contribution in [0.25, 0.3) is 0 Å². The van der Waals surface area contributed by atoms with Crippen LogP contribution in [-0.2, 0) is 11.3 Å². The Kier molecular flexibility index (Phi) is 4.85. The van der Waals surface area contributed by atoms with Gasteiger partial charge in [-0.1, -0.05) is 29.8 Å². The van der Waals surface area contributed by atoms with Gasteiger partial charge >= 0.3 is 0 Å². The van der Waals surface area contributed by atoms with Crippen molar-refractivity contribution in [2.24, 2.45) is 0 Å². The third-order valence-electron chi connectivity index (χ3n) is 4.44. The van der Waals surface area contributed by atoms with Crippen LogP contribution in [-0.4, -0.2) is 28.3 Å². The summed E-state index contributed by atoms with van der Waals surface area (Å²) in [6, 6.07) is 13.5. The van der Waals surface area contributed by atoms with Gasteiger partial charge < -0.3 is 10.2 Å². The van der Waals surface area contributed by atoms with Crippen LogP contribution in [0.5, 0.6) is 0 Å². The summed E-state index contributed by atoms with van der Waals surface area (Å²) >= 11 is 0. The van der Waals surface area contributed by atoms with Crippen LogP contribution in [0.15, 0.2) is 42.5 Å². The fraction of sp³-hybridized carbons (Fsp3) is 0.263. The van der Waals surface area contributed by atoms with Crippen LogP contribution in [0.3, 0.4) is 0 Å². The lowest BCUT2D eigenvalue weighted by Crippen LogP contribution is -2.33. The Morgan fingerprint density at radius 2 is 2.04 bits per heavy atom. The molecule has 0 radical (unpaired) electrons. The summed E-state index contributed by atoms with van der Waals surface area (Å²) in [7, 11) is 0. The number of hydrogen-bond acceptors (Lipinski definition) is 5. The second kappa shape index (κ2) is 7.23. The van der Waals surface area contributed by atoms with Crippen LogP contribution in [0.4, 0.5) is 11.4 Å². The summed E-state index contributed by atoms with van der Waals surface area (Å²) in [6.07, 6.45) is 0.554. The fourth-order valence-corrected chi connectivity index (χ4v) is 3.01. The van der Waals surface area contributed by atoms with Crippen molar-refractivity contribution >= 4 is 17.3 Å². The van der Waals surface area contributed by atoms with Crippen molar-refractivity contribution in [1.29, 1.82) is 5.26 Å². The van der Waals surface area contributed by atoms with E-state index in [1.165, 1.54) is 18.2 Å². The van der Waals surface area contributed by atoms with Gasteiger partial charge in [0.1, 0.15) is 11.7 Å². The first kappa shape index (κ1) is 17.4. The molecule has 1 aliphatic heterocycles. The van der Waals surface area contributed by atoms with E-state index in [0.29, 0.717) is 25.1 Å². The largest absolute Gasteiger partial charge is 0.368 e. The van der Waals surface area contributed by atoms with Crippen LogP contribution in [0.1, 0.15) is 23.1 Å². The van der Waals surface area contributed by atoms with Crippen LogP contribution < -0.4 is 5.32 Å². The predicted octanol–water partition coefficient (Wildman–Crippen LogP) is 2.99. The quantitative estimate of drug-likeness (QED) is 0.660. The topological polar surface area (TPSA) is 99.3 Å². The van der Waals surface area contributed by atoms with Crippen LogP contribution >= 0.6 is 0 Å². The molecule has 2 aromatic rings. The van der Waals surface area contributed by atoms with Crippen molar-refractivity contribution in [1.82, 2.24) is 4.90 Å². The van der Waals surface area contributed by atoms with E-state index in [-0.39, 0.29) is 17.3 Å². The van der Waals surface area contributed by atoms with Crippen LogP contribution in [0.2, 0.25) is 0 Å². The molecule has 1 saturated heterocycles. The third-order valence-corrected chi connectivity index (χ3v) is 4.44. The van der Waals surface area contributed by atoms with E-state index in [2.05, 4.69) is 5.32 Å². The maximum absolute atomic E-state index is 12.6. The van der Waals surface area contributed by atoms with Gasteiger partial charge in [0, 0.05) is 19.2 Å². The van der Waals surface area contributed by atoms with Crippen molar-refractivity contribution in [2.75, 3.05) is 11.9 Å². The predicted molar refractivity (Wildman–Crippen MR) is 96.4 cm³/mol. The van der Waals surface area contributed by atoms with Gasteiger partial charge in [-0.3, -0.25) is 14.9 Å². The lowest BCUT2D eigenvalue weighted by molar-refractivity contribution is -0.384. The van der Waals surface area contributed by atoms with Crippen molar-refractivity contribution in [3.63, 3.8) is 0 Å². The smallest absolute Gasteiger partial charge is 0.292 e. The first-order chi connectivity index (χ1) is 12.5. The van der Waals surface area contributed by atoms with Gasteiger partial charge in [-0.2, -0.15) is 5.26 Å². The van der Waals surface area contributed by atoms with Crippen LogP contribution in [0, 0.1) is 28.4 Å². The number of nitro groups is 1. The number of hydrogen-bond donors (Lipinski definition) is 1. The number of carbonyl (C=O) groups excluding carboxylic acids is 1. The Balaban J connectivity index is 1.74. The molecular formula is C19H18N4O3. The molecule has 132 valence electrons. The number of nitrogens with zero attached hydrogens (tertiary/aromatic N) is 3. The van der Waals surface area contributed by atoms with Crippen molar-refractivity contribution in [2.45, 2.75) is 25.9 Å². The summed E-state index contributed by atoms with van der Waals surface area (Å²) in [6.45, 7) is 3.10. The molecular weight excluding hydrogens is 332 g/mol.